The SMILES string of the molecule is CN(C)C(=O)C1CCC(CNc2nc3ccccn3c2C#N)O1. The van der Waals surface area contributed by atoms with Crippen LogP contribution >= 0.6 is 0 Å². The van der Waals surface area contributed by atoms with Crippen molar-refractivity contribution in [2.24, 2.45) is 0 Å². The molecule has 120 valence electrons. The monoisotopic (exact) mass is 313 g/mol. The summed E-state index contributed by atoms with van der Waals surface area (Å²) in [4.78, 5) is 17.9. The van der Waals surface area contributed by atoms with E-state index in [2.05, 4.69) is 16.4 Å². The Morgan fingerprint density at radius 2 is 2.35 bits per heavy atom. The van der Waals surface area contributed by atoms with E-state index in [1.807, 2.05) is 24.4 Å². The Bertz CT molecular complexity index is 761. The van der Waals surface area contributed by atoms with Crippen LogP contribution in [0.15, 0.2) is 24.4 Å². The van der Waals surface area contributed by atoms with Gasteiger partial charge in [0.2, 0.25) is 0 Å². The zero-order valence-corrected chi connectivity index (χ0v) is 13.2. The van der Waals surface area contributed by atoms with Gasteiger partial charge < -0.3 is 15.0 Å². The number of hydrogen-bond acceptors (Lipinski definition) is 5. The number of pyridine rings is 1. The standard InChI is InChI=1S/C16H19N5O2/c1-20(2)16(22)13-7-6-11(23-13)10-18-15-12(9-17)21-8-4-3-5-14(21)19-15/h3-5,8,11,13,18H,6-7,10H2,1-2H3. The number of rotatable bonds is 4. The molecule has 0 saturated carbocycles. The zero-order chi connectivity index (χ0) is 16.4. The van der Waals surface area contributed by atoms with Crippen LogP contribution in [0.5, 0.6) is 0 Å². The average molecular weight is 313 g/mol. The second kappa shape index (κ2) is 6.26. The molecular weight excluding hydrogens is 294 g/mol. The number of amides is 1. The van der Waals surface area contributed by atoms with Crippen molar-refractivity contribution >= 4 is 17.4 Å². The lowest BCUT2D eigenvalue weighted by Crippen LogP contribution is -2.34. The van der Waals surface area contributed by atoms with E-state index in [9.17, 15) is 10.1 Å². The third-order valence-corrected chi connectivity index (χ3v) is 3.96. The molecule has 7 nitrogen and oxygen atoms in total. The van der Waals surface area contributed by atoms with Gasteiger partial charge in [-0.3, -0.25) is 9.20 Å². The molecule has 1 aliphatic rings. The van der Waals surface area contributed by atoms with Crippen molar-refractivity contribution in [3.05, 3.63) is 30.1 Å². The molecule has 3 heterocycles. The summed E-state index contributed by atoms with van der Waals surface area (Å²) in [6, 6.07) is 7.76. The quantitative estimate of drug-likeness (QED) is 0.918. The summed E-state index contributed by atoms with van der Waals surface area (Å²) in [5, 5.41) is 12.5. The summed E-state index contributed by atoms with van der Waals surface area (Å²) in [5.74, 6) is 0.544. The van der Waals surface area contributed by atoms with Crippen LogP contribution in [0.25, 0.3) is 5.65 Å². The fourth-order valence-corrected chi connectivity index (χ4v) is 2.76. The number of imidazole rings is 1. The van der Waals surface area contributed by atoms with Crippen molar-refractivity contribution in [2.45, 2.75) is 25.0 Å². The van der Waals surface area contributed by atoms with Crippen molar-refractivity contribution in [1.29, 1.82) is 5.26 Å². The van der Waals surface area contributed by atoms with E-state index in [0.29, 0.717) is 18.1 Å². The first-order valence-electron chi connectivity index (χ1n) is 7.58. The number of anilines is 1. The van der Waals surface area contributed by atoms with Gasteiger partial charge in [0.05, 0.1) is 6.10 Å². The Hall–Kier alpha value is -2.59. The zero-order valence-electron chi connectivity index (χ0n) is 13.2. The second-order valence-electron chi connectivity index (χ2n) is 5.79. The average Bonchev–Trinajstić information content (AvgIpc) is 3.15. The lowest BCUT2D eigenvalue weighted by Gasteiger charge is -2.17. The third kappa shape index (κ3) is 2.98. The van der Waals surface area contributed by atoms with E-state index in [1.54, 1.807) is 23.4 Å². The molecule has 0 aromatic carbocycles. The molecule has 7 heteroatoms. The molecule has 1 N–H and O–H groups in total. The Labute approximate surface area is 134 Å². The maximum absolute atomic E-state index is 11.9. The minimum Gasteiger partial charge on any atom is -0.365 e. The van der Waals surface area contributed by atoms with Crippen molar-refractivity contribution in [3.63, 3.8) is 0 Å². The fourth-order valence-electron chi connectivity index (χ4n) is 2.76. The van der Waals surface area contributed by atoms with E-state index in [1.165, 1.54) is 0 Å². The van der Waals surface area contributed by atoms with Gasteiger partial charge >= 0.3 is 0 Å². The maximum Gasteiger partial charge on any atom is 0.251 e. The molecule has 3 rings (SSSR count). The minimum atomic E-state index is -0.367. The van der Waals surface area contributed by atoms with E-state index in [4.69, 9.17) is 4.74 Å². The number of hydrogen-bond donors (Lipinski definition) is 1. The second-order valence-corrected chi connectivity index (χ2v) is 5.79. The first-order chi connectivity index (χ1) is 11.1. The van der Waals surface area contributed by atoms with Gasteiger partial charge in [-0.05, 0) is 25.0 Å². The van der Waals surface area contributed by atoms with Gasteiger partial charge in [0.1, 0.15) is 17.8 Å². The van der Waals surface area contributed by atoms with Gasteiger partial charge in [-0.25, -0.2) is 4.98 Å². The molecule has 0 aliphatic carbocycles. The lowest BCUT2D eigenvalue weighted by molar-refractivity contribution is -0.140. The van der Waals surface area contributed by atoms with Gasteiger partial charge in [-0.15, -0.1) is 0 Å². The summed E-state index contributed by atoms with van der Waals surface area (Å²) in [5.41, 5.74) is 1.19. The number of fused-ring (bicyclic) bond motifs is 1. The Morgan fingerprint density at radius 3 is 3.09 bits per heavy atom. The van der Waals surface area contributed by atoms with Gasteiger partial charge in [0, 0.05) is 26.8 Å². The van der Waals surface area contributed by atoms with Crippen molar-refractivity contribution in [3.8, 4) is 6.07 Å². The smallest absolute Gasteiger partial charge is 0.251 e. The number of ether oxygens (including phenoxy) is 1. The molecule has 0 radical (unpaired) electrons. The van der Waals surface area contributed by atoms with Gasteiger partial charge in [0.25, 0.3) is 5.91 Å². The van der Waals surface area contributed by atoms with Crippen LogP contribution < -0.4 is 5.32 Å². The van der Waals surface area contributed by atoms with Crippen LogP contribution in [-0.4, -0.2) is 53.0 Å². The van der Waals surface area contributed by atoms with Gasteiger partial charge in [-0.2, -0.15) is 5.26 Å². The molecule has 1 saturated heterocycles. The first kappa shape index (κ1) is 15.3. The normalized spacial score (nSPS) is 20.4. The van der Waals surface area contributed by atoms with E-state index >= 15 is 0 Å². The molecule has 1 amide bonds. The van der Waals surface area contributed by atoms with Gasteiger partial charge in [0.15, 0.2) is 11.5 Å². The highest BCUT2D eigenvalue weighted by molar-refractivity contribution is 5.80. The van der Waals surface area contributed by atoms with Crippen LogP contribution in [0.1, 0.15) is 18.5 Å². The topological polar surface area (TPSA) is 82.7 Å². The molecule has 2 atom stereocenters. The number of carbonyl (C=O) groups excluding carboxylic acids is 1. The highest BCUT2D eigenvalue weighted by Crippen LogP contribution is 2.22. The summed E-state index contributed by atoms with van der Waals surface area (Å²) in [7, 11) is 3.46. The highest BCUT2D eigenvalue weighted by atomic mass is 16.5. The summed E-state index contributed by atoms with van der Waals surface area (Å²) < 4.78 is 7.53. The van der Waals surface area contributed by atoms with Crippen LogP contribution in [0.3, 0.4) is 0 Å². The van der Waals surface area contributed by atoms with E-state index < -0.39 is 0 Å². The molecule has 2 aromatic rings. The number of nitrogens with one attached hydrogen (secondary N) is 1. The summed E-state index contributed by atoms with van der Waals surface area (Å²) in [6.45, 7) is 0.524. The first-order valence-corrected chi connectivity index (χ1v) is 7.58. The largest absolute Gasteiger partial charge is 0.365 e. The number of aromatic nitrogens is 2. The molecule has 0 spiro atoms. The Balaban J connectivity index is 1.66. The molecule has 1 fully saturated rings. The van der Waals surface area contributed by atoms with Crippen LogP contribution in [0.4, 0.5) is 5.82 Å². The van der Waals surface area contributed by atoms with Crippen molar-refractivity contribution in [1.82, 2.24) is 14.3 Å². The molecular formula is C16H19N5O2. The van der Waals surface area contributed by atoms with Gasteiger partial charge in [-0.1, -0.05) is 6.07 Å². The van der Waals surface area contributed by atoms with Crippen LogP contribution in [0.2, 0.25) is 0 Å². The molecule has 23 heavy (non-hydrogen) atoms. The molecule has 1 aliphatic heterocycles. The third-order valence-electron chi connectivity index (χ3n) is 3.96. The highest BCUT2D eigenvalue weighted by Gasteiger charge is 2.31. The van der Waals surface area contributed by atoms with Crippen LogP contribution in [-0.2, 0) is 9.53 Å². The predicted octanol–water partition coefficient (Wildman–Crippen LogP) is 1.25. The minimum absolute atomic E-state index is 0.00190. The van der Waals surface area contributed by atoms with Crippen molar-refractivity contribution in [2.75, 3.05) is 26.0 Å². The molecule has 0 bridgehead atoms. The Kier molecular flexibility index (Phi) is 4.17. The molecule has 2 aromatic heterocycles. The fraction of sp³-hybridized carbons (Fsp3) is 0.438. The van der Waals surface area contributed by atoms with E-state index in [-0.39, 0.29) is 18.1 Å². The summed E-state index contributed by atoms with van der Waals surface area (Å²) in [6.07, 6.45) is 2.92. The summed E-state index contributed by atoms with van der Waals surface area (Å²) >= 11 is 0. The maximum atomic E-state index is 11.9. The number of nitriles is 1. The number of nitrogens with zero attached hydrogens (tertiary/aromatic N) is 4. The lowest BCUT2D eigenvalue weighted by atomic mass is 10.2. The molecule has 2 unspecified atom stereocenters. The van der Waals surface area contributed by atoms with E-state index in [0.717, 1.165) is 18.5 Å². The Morgan fingerprint density at radius 1 is 1.52 bits per heavy atom. The number of likely N-dealkylation sites (N-methyl/N-ethyl adjacent to an activating group) is 1. The predicted molar refractivity (Wildman–Crippen MR) is 85.0 cm³/mol. The van der Waals surface area contributed by atoms with Crippen LogP contribution in [0, 0.1) is 11.3 Å². The van der Waals surface area contributed by atoms with Crippen molar-refractivity contribution < 1.29 is 9.53 Å². The number of carbonyl (C=O) groups is 1.